The molecule has 2 aliphatic heterocycles. The Hall–Kier alpha value is -2.18. The molecule has 2 aliphatic rings. The van der Waals surface area contributed by atoms with Gasteiger partial charge in [-0.1, -0.05) is 45.4 Å². The van der Waals surface area contributed by atoms with Crippen molar-refractivity contribution in [3.63, 3.8) is 0 Å². The van der Waals surface area contributed by atoms with Gasteiger partial charge >= 0.3 is 5.97 Å². The lowest BCUT2D eigenvalue weighted by Gasteiger charge is -2.37. The van der Waals surface area contributed by atoms with Crippen LogP contribution in [0.2, 0.25) is 0 Å². The fourth-order valence-corrected chi connectivity index (χ4v) is 4.29. The third-order valence-electron chi connectivity index (χ3n) is 5.71. The highest BCUT2D eigenvalue weighted by Gasteiger charge is 2.42. The molecule has 0 atom stereocenters. The highest BCUT2D eigenvalue weighted by atomic mass is 79.9. The minimum absolute atomic E-state index is 0.217. The van der Waals surface area contributed by atoms with Crippen LogP contribution in [-0.2, 0) is 11.4 Å². The van der Waals surface area contributed by atoms with E-state index in [1.807, 2.05) is 12.1 Å². The number of hydrogen-bond acceptors (Lipinski definition) is 4. The molecule has 1 fully saturated rings. The Labute approximate surface area is 173 Å². The zero-order valence-electron chi connectivity index (χ0n) is 15.8. The smallest absolute Gasteiger partial charge is 0.335 e. The van der Waals surface area contributed by atoms with Crippen molar-refractivity contribution in [1.82, 2.24) is 4.90 Å². The van der Waals surface area contributed by atoms with Crippen LogP contribution in [0.5, 0.6) is 0 Å². The molecule has 146 valence electrons. The Balaban J connectivity index is 1.35. The molecule has 28 heavy (non-hydrogen) atoms. The lowest BCUT2D eigenvalue weighted by Crippen LogP contribution is -2.44. The Bertz CT molecular complexity index is 916. The predicted molar refractivity (Wildman–Crippen MR) is 112 cm³/mol. The van der Waals surface area contributed by atoms with Gasteiger partial charge in [0, 0.05) is 43.4 Å². The third kappa shape index (κ3) is 3.98. The van der Waals surface area contributed by atoms with E-state index in [1.54, 1.807) is 12.1 Å². The maximum atomic E-state index is 11.0. The van der Waals surface area contributed by atoms with Crippen LogP contribution < -0.4 is 0 Å². The van der Waals surface area contributed by atoms with Gasteiger partial charge in [0.2, 0.25) is 0 Å². The highest BCUT2D eigenvalue weighted by Crippen LogP contribution is 2.36. The first-order chi connectivity index (χ1) is 13.4. The molecule has 4 rings (SSSR count). The van der Waals surface area contributed by atoms with Crippen molar-refractivity contribution < 1.29 is 14.7 Å². The number of carboxylic acids is 1. The molecule has 2 heterocycles. The molecule has 1 N–H and O–H groups in total. The number of halogens is 1. The lowest BCUT2D eigenvalue weighted by atomic mass is 9.85. The number of carboxylic acid groups (broad SMARTS) is 1. The maximum absolute atomic E-state index is 11.0. The molecule has 2 aromatic rings. The maximum Gasteiger partial charge on any atom is 0.335 e. The lowest BCUT2D eigenvalue weighted by molar-refractivity contribution is -0.0627. The van der Waals surface area contributed by atoms with Gasteiger partial charge in [0.1, 0.15) is 5.60 Å². The molecule has 0 aliphatic carbocycles. The predicted octanol–water partition coefficient (Wildman–Crippen LogP) is 4.61. The summed E-state index contributed by atoms with van der Waals surface area (Å²) in [7, 11) is 0. The Kier molecular flexibility index (Phi) is 5.25. The Morgan fingerprint density at radius 1 is 1.21 bits per heavy atom. The van der Waals surface area contributed by atoms with E-state index >= 15 is 0 Å². The number of piperidine rings is 1. The van der Waals surface area contributed by atoms with E-state index in [0.29, 0.717) is 0 Å². The van der Waals surface area contributed by atoms with Gasteiger partial charge in [0.15, 0.2) is 0 Å². The van der Waals surface area contributed by atoms with Crippen LogP contribution in [0, 0.1) is 6.92 Å². The van der Waals surface area contributed by atoms with E-state index in [-0.39, 0.29) is 11.2 Å². The van der Waals surface area contributed by atoms with Crippen LogP contribution >= 0.6 is 15.9 Å². The van der Waals surface area contributed by atoms with Crippen LogP contribution in [0.25, 0.3) is 0 Å². The SMILES string of the molecule is Cc1ccc(CN2CCC3(CC2)CC(c2ccc(C(=O)O)cc2)=NO3)cc1Br. The molecule has 0 bridgehead atoms. The van der Waals surface area contributed by atoms with Crippen molar-refractivity contribution >= 4 is 27.6 Å². The van der Waals surface area contributed by atoms with Gasteiger partial charge in [-0.05, 0) is 41.8 Å². The van der Waals surface area contributed by atoms with E-state index < -0.39 is 5.97 Å². The summed E-state index contributed by atoms with van der Waals surface area (Å²) in [6, 6.07) is 13.4. The molecule has 0 unspecified atom stereocenters. The molecule has 1 spiro atoms. The number of benzene rings is 2. The molecular weight excluding hydrogens is 420 g/mol. The first kappa shape index (κ1) is 19.2. The van der Waals surface area contributed by atoms with E-state index in [9.17, 15) is 4.79 Å². The van der Waals surface area contributed by atoms with Gasteiger partial charge < -0.3 is 9.94 Å². The number of aromatic carboxylic acids is 1. The first-order valence-electron chi connectivity index (χ1n) is 9.50. The summed E-state index contributed by atoms with van der Waals surface area (Å²) < 4.78 is 1.16. The average Bonchev–Trinajstić information content (AvgIpc) is 3.11. The van der Waals surface area contributed by atoms with Crippen LogP contribution in [0.4, 0.5) is 0 Å². The highest BCUT2D eigenvalue weighted by molar-refractivity contribution is 9.10. The first-order valence-corrected chi connectivity index (χ1v) is 10.3. The third-order valence-corrected chi connectivity index (χ3v) is 6.57. The number of likely N-dealkylation sites (tertiary alicyclic amines) is 1. The molecular formula is C22H23BrN2O3. The fraction of sp³-hybridized carbons (Fsp3) is 0.364. The average molecular weight is 443 g/mol. The molecule has 0 radical (unpaired) electrons. The standard InChI is InChI=1S/C22H23BrN2O3/c1-15-2-3-16(12-19(15)23)14-25-10-8-22(9-11-25)13-20(24-28-22)17-4-6-18(7-5-17)21(26)27/h2-7,12H,8-11,13-14H2,1H3,(H,26,27). The number of aryl methyl sites for hydroxylation is 1. The van der Waals surface area contributed by atoms with Crippen LogP contribution in [0.15, 0.2) is 52.1 Å². The molecule has 5 nitrogen and oxygen atoms in total. The summed E-state index contributed by atoms with van der Waals surface area (Å²) in [5.41, 5.74) is 4.49. The number of carbonyl (C=O) groups is 1. The summed E-state index contributed by atoms with van der Waals surface area (Å²) in [6.45, 7) is 5.00. The zero-order valence-corrected chi connectivity index (χ0v) is 17.4. The second-order valence-corrected chi connectivity index (χ2v) is 8.59. The van der Waals surface area contributed by atoms with Crippen molar-refractivity contribution in [3.05, 3.63) is 69.2 Å². The largest absolute Gasteiger partial charge is 0.478 e. The Morgan fingerprint density at radius 3 is 2.57 bits per heavy atom. The van der Waals surface area contributed by atoms with Gasteiger partial charge in [0.25, 0.3) is 0 Å². The van der Waals surface area contributed by atoms with E-state index in [1.165, 1.54) is 11.1 Å². The minimum atomic E-state index is -0.916. The van der Waals surface area contributed by atoms with Crippen LogP contribution in [0.3, 0.4) is 0 Å². The van der Waals surface area contributed by atoms with E-state index in [0.717, 1.165) is 54.6 Å². The number of rotatable bonds is 4. The fourth-order valence-electron chi connectivity index (χ4n) is 3.86. The molecule has 0 aromatic heterocycles. The molecule has 6 heteroatoms. The van der Waals surface area contributed by atoms with E-state index in [4.69, 9.17) is 9.94 Å². The van der Waals surface area contributed by atoms with Gasteiger partial charge in [0.05, 0.1) is 11.3 Å². The normalized spacial score (nSPS) is 18.7. The van der Waals surface area contributed by atoms with Crippen molar-refractivity contribution in [1.29, 1.82) is 0 Å². The van der Waals surface area contributed by atoms with Crippen molar-refractivity contribution in [3.8, 4) is 0 Å². The summed E-state index contributed by atoms with van der Waals surface area (Å²) in [4.78, 5) is 19.4. The molecule has 2 aromatic carbocycles. The van der Waals surface area contributed by atoms with Crippen molar-refractivity contribution in [2.75, 3.05) is 13.1 Å². The zero-order chi connectivity index (χ0) is 19.7. The van der Waals surface area contributed by atoms with Crippen molar-refractivity contribution in [2.45, 2.75) is 38.3 Å². The number of oxime groups is 1. The van der Waals surface area contributed by atoms with Crippen LogP contribution in [0.1, 0.15) is 46.3 Å². The minimum Gasteiger partial charge on any atom is -0.478 e. The quantitative estimate of drug-likeness (QED) is 0.750. The second-order valence-electron chi connectivity index (χ2n) is 7.73. The second kappa shape index (κ2) is 7.68. The Morgan fingerprint density at radius 2 is 1.93 bits per heavy atom. The van der Waals surface area contributed by atoms with Gasteiger partial charge in [-0.2, -0.15) is 0 Å². The van der Waals surface area contributed by atoms with Crippen molar-refractivity contribution in [2.24, 2.45) is 5.16 Å². The van der Waals surface area contributed by atoms with E-state index in [2.05, 4.69) is 51.1 Å². The monoisotopic (exact) mass is 442 g/mol. The van der Waals surface area contributed by atoms with Gasteiger partial charge in [-0.15, -0.1) is 0 Å². The van der Waals surface area contributed by atoms with Gasteiger partial charge in [-0.3, -0.25) is 4.90 Å². The number of hydrogen-bond donors (Lipinski definition) is 1. The molecule has 1 saturated heterocycles. The summed E-state index contributed by atoms with van der Waals surface area (Å²) in [6.07, 6.45) is 2.67. The van der Waals surface area contributed by atoms with Gasteiger partial charge in [-0.25, -0.2) is 4.79 Å². The molecule has 0 amide bonds. The summed E-state index contributed by atoms with van der Waals surface area (Å²) in [5.74, 6) is -0.916. The summed E-state index contributed by atoms with van der Waals surface area (Å²) >= 11 is 3.61. The summed E-state index contributed by atoms with van der Waals surface area (Å²) in [5, 5.41) is 13.4. The molecule has 0 saturated carbocycles. The topological polar surface area (TPSA) is 62.1 Å². The van der Waals surface area contributed by atoms with Crippen LogP contribution in [-0.4, -0.2) is 40.4 Å². The number of nitrogens with zero attached hydrogens (tertiary/aromatic N) is 2.